The molecule has 0 saturated carbocycles. The van der Waals surface area contributed by atoms with Gasteiger partial charge < -0.3 is 5.32 Å². The molecule has 0 atom stereocenters. The zero-order valence-corrected chi connectivity index (χ0v) is 6.90. The van der Waals surface area contributed by atoms with Gasteiger partial charge in [0, 0.05) is 12.5 Å². The Morgan fingerprint density at radius 2 is 2.20 bits per heavy atom. The van der Waals surface area contributed by atoms with E-state index in [-0.39, 0.29) is 11.3 Å². The number of rotatable bonds is 3. The Morgan fingerprint density at radius 1 is 1.70 bits per heavy atom. The maximum absolute atomic E-state index is 11.1. The molecule has 0 bridgehead atoms. The molecule has 2 heteroatoms. The minimum atomic E-state index is -0.309. The first kappa shape index (κ1) is 9.21. The van der Waals surface area contributed by atoms with Crippen LogP contribution in [0.1, 0.15) is 20.3 Å². The normalized spacial score (nSPS) is 10.7. The second-order valence-corrected chi connectivity index (χ2v) is 2.96. The standard InChI is InChI=1S/C8H15NO/c1-5-6-8(2,3)7(10)9-4/h5H,1,6H2,2-4H3,(H,9,10). The predicted molar refractivity (Wildman–Crippen MR) is 42.7 cm³/mol. The van der Waals surface area contributed by atoms with E-state index in [1.807, 2.05) is 13.8 Å². The fraction of sp³-hybridized carbons (Fsp3) is 0.625. The fourth-order valence-corrected chi connectivity index (χ4v) is 0.792. The number of hydrogen-bond donors (Lipinski definition) is 1. The predicted octanol–water partition coefficient (Wildman–Crippen LogP) is 1.33. The number of allylic oxidation sites excluding steroid dienone is 1. The molecule has 2 nitrogen and oxygen atoms in total. The molecule has 0 fully saturated rings. The zero-order valence-electron chi connectivity index (χ0n) is 6.90. The van der Waals surface area contributed by atoms with Gasteiger partial charge in [-0.05, 0) is 6.42 Å². The summed E-state index contributed by atoms with van der Waals surface area (Å²) in [6, 6.07) is 0. The Labute approximate surface area is 62.3 Å². The van der Waals surface area contributed by atoms with Crippen LogP contribution in [0.5, 0.6) is 0 Å². The Balaban J connectivity index is 4.08. The number of nitrogens with one attached hydrogen (secondary N) is 1. The van der Waals surface area contributed by atoms with Gasteiger partial charge in [0.25, 0.3) is 0 Å². The molecular weight excluding hydrogens is 126 g/mol. The van der Waals surface area contributed by atoms with Crippen LogP contribution in [-0.2, 0) is 4.79 Å². The molecule has 0 aliphatic carbocycles. The van der Waals surface area contributed by atoms with Crippen molar-refractivity contribution >= 4 is 5.91 Å². The lowest BCUT2D eigenvalue weighted by Crippen LogP contribution is -2.33. The molecule has 0 aromatic heterocycles. The number of amides is 1. The topological polar surface area (TPSA) is 29.1 Å². The molecule has 0 unspecified atom stereocenters. The van der Waals surface area contributed by atoms with Crippen LogP contribution >= 0.6 is 0 Å². The average Bonchev–Trinajstić information content (AvgIpc) is 1.86. The first-order valence-corrected chi connectivity index (χ1v) is 3.37. The average molecular weight is 141 g/mol. The minimum absolute atomic E-state index is 0.0624. The van der Waals surface area contributed by atoms with Gasteiger partial charge in [0.05, 0.1) is 0 Å². The summed E-state index contributed by atoms with van der Waals surface area (Å²) in [5.41, 5.74) is -0.309. The van der Waals surface area contributed by atoms with Crippen LogP contribution in [0, 0.1) is 5.41 Å². The second-order valence-electron chi connectivity index (χ2n) is 2.96. The monoisotopic (exact) mass is 141 g/mol. The lowest BCUT2D eigenvalue weighted by Gasteiger charge is -2.19. The van der Waals surface area contributed by atoms with Crippen LogP contribution in [-0.4, -0.2) is 13.0 Å². The van der Waals surface area contributed by atoms with Crippen LogP contribution in [0.25, 0.3) is 0 Å². The minimum Gasteiger partial charge on any atom is -0.359 e. The van der Waals surface area contributed by atoms with E-state index in [9.17, 15) is 4.79 Å². The number of hydrogen-bond acceptors (Lipinski definition) is 1. The van der Waals surface area contributed by atoms with E-state index < -0.39 is 0 Å². The lowest BCUT2D eigenvalue weighted by atomic mass is 9.88. The van der Waals surface area contributed by atoms with Gasteiger partial charge in [0.1, 0.15) is 0 Å². The van der Waals surface area contributed by atoms with E-state index in [0.717, 1.165) is 0 Å². The molecule has 0 aromatic carbocycles. The maximum Gasteiger partial charge on any atom is 0.225 e. The molecule has 0 spiro atoms. The van der Waals surface area contributed by atoms with Crippen LogP contribution in [0.3, 0.4) is 0 Å². The van der Waals surface area contributed by atoms with E-state index in [1.165, 1.54) is 0 Å². The molecule has 58 valence electrons. The van der Waals surface area contributed by atoms with Gasteiger partial charge in [-0.2, -0.15) is 0 Å². The first-order valence-electron chi connectivity index (χ1n) is 3.37. The van der Waals surface area contributed by atoms with Crippen molar-refractivity contribution < 1.29 is 4.79 Å². The van der Waals surface area contributed by atoms with E-state index in [0.29, 0.717) is 6.42 Å². The quantitative estimate of drug-likeness (QED) is 0.590. The van der Waals surface area contributed by atoms with E-state index in [4.69, 9.17) is 0 Å². The fourth-order valence-electron chi connectivity index (χ4n) is 0.792. The smallest absolute Gasteiger partial charge is 0.225 e. The molecule has 0 radical (unpaired) electrons. The lowest BCUT2D eigenvalue weighted by molar-refractivity contribution is -0.128. The molecule has 1 N–H and O–H groups in total. The van der Waals surface area contributed by atoms with E-state index in [2.05, 4.69) is 11.9 Å². The molecule has 0 aliphatic rings. The molecule has 0 aliphatic heterocycles. The van der Waals surface area contributed by atoms with Crippen molar-refractivity contribution in [1.29, 1.82) is 0 Å². The Morgan fingerprint density at radius 3 is 2.50 bits per heavy atom. The summed E-state index contributed by atoms with van der Waals surface area (Å²) in [5.74, 6) is 0.0624. The largest absolute Gasteiger partial charge is 0.359 e. The van der Waals surface area contributed by atoms with Gasteiger partial charge >= 0.3 is 0 Å². The molecule has 0 aromatic rings. The number of carbonyl (C=O) groups excluding carboxylic acids is 1. The Hall–Kier alpha value is -0.790. The SMILES string of the molecule is C=CCC(C)(C)C(=O)NC. The van der Waals surface area contributed by atoms with Crippen molar-refractivity contribution in [3.05, 3.63) is 12.7 Å². The number of carbonyl (C=O) groups is 1. The first-order chi connectivity index (χ1) is 4.54. The van der Waals surface area contributed by atoms with Gasteiger partial charge in [-0.25, -0.2) is 0 Å². The molecule has 0 rings (SSSR count). The highest BCUT2D eigenvalue weighted by molar-refractivity contribution is 5.81. The highest BCUT2D eigenvalue weighted by Crippen LogP contribution is 2.19. The highest BCUT2D eigenvalue weighted by atomic mass is 16.2. The van der Waals surface area contributed by atoms with Crippen molar-refractivity contribution in [3.8, 4) is 0 Å². The third-order valence-corrected chi connectivity index (χ3v) is 1.50. The molecular formula is C8H15NO. The van der Waals surface area contributed by atoms with Crippen LogP contribution < -0.4 is 5.32 Å². The van der Waals surface area contributed by atoms with Crippen molar-refractivity contribution in [1.82, 2.24) is 5.32 Å². The van der Waals surface area contributed by atoms with Gasteiger partial charge in [-0.3, -0.25) is 4.79 Å². The van der Waals surface area contributed by atoms with Gasteiger partial charge in [0.15, 0.2) is 0 Å². The van der Waals surface area contributed by atoms with Crippen LogP contribution in [0.4, 0.5) is 0 Å². The molecule has 0 saturated heterocycles. The van der Waals surface area contributed by atoms with Gasteiger partial charge in [-0.15, -0.1) is 6.58 Å². The third kappa shape index (κ3) is 2.21. The highest BCUT2D eigenvalue weighted by Gasteiger charge is 2.24. The van der Waals surface area contributed by atoms with Crippen LogP contribution in [0.2, 0.25) is 0 Å². The van der Waals surface area contributed by atoms with Gasteiger partial charge in [-0.1, -0.05) is 19.9 Å². The van der Waals surface area contributed by atoms with E-state index in [1.54, 1.807) is 13.1 Å². The summed E-state index contributed by atoms with van der Waals surface area (Å²) in [6.07, 6.45) is 2.47. The summed E-state index contributed by atoms with van der Waals surface area (Å²) in [7, 11) is 1.65. The van der Waals surface area contributed by atoms with Crippen molar-refractivity contribution in [2.75, 3.05) is 7.05 Å². The van der Waals surface area contributed by atoms with E-state index >= 15 is 0 Å². The Bertz CT molecular complexity index is 138. The summed E-state index contributed by atoms with van der Waals surface area (Å²) in [4.78, 5) is 11.1. The Kier molecular flexibility index (Phi) is 3.13. The third-order valence-electron chi connectivity index (χ3n) is 1.50. The summed E-state index contributed by atoms with van der Waals surface area (Å²) < 4.78 is 0. The van der Waals surface area contributed by atoms with Crippen molar-refractivity contribution in [3.63, 3.8) is 0 Å². The maximum atomic E-state index is 11.1. The van der Waals surface area contributed by atoms with Crippen LogP contribution in [0.15, 0.2) is 12.7 Å². The van der Waals surface area contributed by atoms with Crippen molar-refractivity contribution in [2.24, 2.45) is 5.41 Å². The van der Waals surface area contributed by atoms with Crippen molar-refractivity contribution in [2.45, 2.75) is 20.3 Å². The molecule has 0 heterocycles. The summed E-state index contributed by atoms with van der Waals surface area (Å²) >= 11 is 0. The molecule has 1 amide bonds. The molecule has 10 heavy (non-hydrogen) atoms. The van der Waals surface area contributed by atoms with Gasteiger partial charge in [0.2, 0.25) is 5.91 Å². The summed E-state index contributed by atoms with van der Waals surface area (Å²) in [6.45, 7) is 7.38. The zero-order chi connectivity index (χ0) is 8.20. The second kappa shape index (κ2) is 3.40. The summed E-state index contributed by atoms with van der Waals surface area (Å²) in [5, 5.41) is 2.60.